The van der Waals surface area contributed by atoms with Crippen LogP contribution in [0.3, 0.4) is 0 Å². The number of hydrogen-bond acceptors (Lipinski definition) is 5. The highest BCUT2D eigenvalue weighted by Gasteiger charge is 2.23. The predicted molar refractivity (Wildman–Crippen MR) is 81.4 cm³/mol. The molecule has 6 heteroatoms. The quantitative estimate of drug-likeness (QED) is 0.840. The average molecular weight is 292 g/mol. The van der Waals surface area contributed by atoms with Gasteiger partial charge in [-0.15, -0.1) is 0 Å². The van der Waals surface area contributed by atoms with Crippen molar-refractivity contribution in [2.75, 3.05) is 27.7 Å². The highest BCUT2D eigenvalue weighted by atomic mass is 16.5. The fourth-order valence-corrected chi connectivity index (χ4v) is 2.38. The van der Waals surface area contributed by atoms with E-state index in [9.17, 15) is 0 Å². The van der Waals surface area contributed by atoms with Crippen molar-refractivity contribution < 1.29 is 9.15 Å². The zero-order chi connectivity index (χ0) is 15.4. The third-order valence-corrected chi connectivity index (χ3v) is 3.55. The molecular weight excluding hydrogens is 268 g/mol. The summed E-state index contributed by atoms with van der Waals surface area (Å²) in [5, 5.41) is 4.40. The SMILES string of the molecule is CCc1occc1C(N)c1c(OC)cnn1CCN(C)C. The largest absolute Gasteiger partial charge is 0.493 e. The zero-order valence-corrected chi connectivity index (χ0v) is 13.2. The van der Waals surface area contributed by atoms with Crippen LogP contribution in [0.4, 0.5) is 0 Å². The Bertz CT molecular complexity index is 574. The van der Waals surface area contributed by atoms with Gasteiger partial charge in [0.1, 0.15) is 11.5 Å². The minimum absolute atomic E-state index is 0.307. The first kappa shape index (κ1) is 15.6. The highest BCUT2D eigenvalue weighted by molar-refractivity contribution is 5.37. The molecule has 0 amide bonds. The molecule has 2 rings (SSSR count). The fraction of sp³-hybridized carbons (Fsp3) is 0.533. The number of furan rings is 1. The summed E-state index contributed by atoms with van der Waals surface area (Å²) in [6.07, 6.45) is 4.21. The molecule has 2 heterocycles. The molecule has 0 aromatic carbocycles. The first-order valence-electron chi connectivity index (χ1n) is 7.14. The number of methoxy groups -OCH3 is 1. The molecule has 0 aliphatic rings. The summed E-state index contributed by atoms with van der Waals surface area (Å²) in [5.74, 6) is 1.62. The lowest BCUT2D eigenvalue weighted by molar-refractivity contribution is 0.363. The Balaban J connectivity index is 2.34. The topological polar surface area (TPSA) is 69.5 Å². The molecule has 2 aromatic rings. The van der Waals surface area contributed by atoms with E-state index in [4.69, 9.17) is 14.9 Å². The van der Waals surface area contributed by atoms with Crippen molar-refractivity contribution in [3.63, 3.8) is 0 Å². The van der Waals surface area contributed by atoms with E-state index in [-0.39, 0.29) is 6.04 Å². The number of ether oxygens (including phenoxy) is 1. The van der Waals surface area contributed by atoms with Crippen molar-refractivity contribution in [3.05, 3.63) is 35.5 Å². The van der Waals surface area contributed by atoms with Gasteiger partial charge in [0.15, 0.2) is 5.75 Å². The van der Waals surface area contributed by atoms with Crippen LogP contribution in [0.5, 0.6) is 5.75 Å². The lowest BCUT2D eigenvalue weighted by atomic mass is 10.0. The van der Waals surface area contributed by atoms with E-state index in [0.717, 1.165) is 36.5 Å². The van der Waals surface area contributed by atoms with Crippen LogP contribution in [0, 0.1) is 0 Å². The third-order valence-electron chi connectivity index (χ3n) is 3.55. The van der Waals surface area contributed by atoms with Gasteiger partial charge in [0.2, 0.25) is 0 Å². The molecular formula is C15H24N4O2. The van der Waals surface area contributed by atoms with E-state index in [2.05, 4.69) is 16.9 Å². The van der Waals surface area contributed by atoms with Gasteiger partial charge in [-0.3, -0.25) is 4.68 Å². The summed E-state index contributed by atoms with van der Waals surface area (Å²) in [6.45, 7) is 3.70. The summed E-state index contributed by atoms with van der Waals surface area (Å²) >= 11 is 0. The van der Waals surface area contributed by atoms with Crippen molar-refractivity contribution in [3.8, 4) is 5.75 Å². The van der Waals surface area contributed by atoms with Crippen molar-refractivity contribution in [2.24, 2.45) is 5.73 Å². The summed E-state index contributed by atoms with van der Waals surface area (Å²) in [7, 11) is 5.71. The number of nitrogens with two attached hydrogens (primary N) is 1. The maximum Gasteiger partial charge on any atom is 0.161 e. The third kappa shape index (κ3) is 3.28. The van der Waals surface area contributed by atoms with Crippen LogP contribution in [0.2, 0.25) is 0 Å². The Labute approximate surface area is 125 Å². The number of aryl methyl sites for hydroxylation is 1. The second kappa shape index (κ2) is 6.78. The van der Waals surface area contributed by atoms with Crippen molar-refractivity contribution >= 4 is 0 Å². The van der Waals surface area contributed by atoms with Gasteiger partial charge in [0.25, 0.3) is 0 Å². The van der Waals surface area contributed by atoms with Crippen molar-refractivity contribution in [1.82, 2.24) is 14.7 Å². The van der Waals surface area contributed by atoms with Gasteiger partial charge >= 0.3 is 0 Å². The molecule has 6 nitrogen and oxygen atoms in total. The maximum atomic E-state index is 6.45. The minimum Gasteiger partial charge on any atom is -0.493 e. The molecule has 0 saturated heterocycles. The Kier molecular flexibility index (Phi) is 5.03. The predicted octanol–water partition coefficient (Wildman–Crippen LogP) is 1.66. The summed E-state index contributed by atoms with van der Waals surface area (Å²) < 4.78 is 12.8. The number of hydrogen-bond donors (Lipinski definition) is 1. The van der Waals surface area contributed by atoms with Gasteiger partial charge in [0, 0.05) is 18.5 Å². The van der Waals surface area contributed by atoms with Gasteiger partial charge in [-0.25, -0.2) is 0 Å². The molecule has 0 bridgehead atoms. The molecule has 2 aromatic heterocycles. The molecule has 0 spiro atoms. The van der Waals surface area contributed by atoms with Gasteiger partial charge in [-0.05, 0) is 20.2 Å². The molecule has 116 valence electrons. The van der Waals surface area contributed by atoms with Gasteiger partial charge in [-0.1, -0.05) is 6.92 Å². The number of aromatic nitrogens is 2. The van der Waals surface area contributed by atoms with E-state index < -0.39 is 0 Å². The van der Waals surface area contributed by atoms with Gasteiger partial charge < -0.3 is 19.8 Å². The first-order chi connectivity index (χ1) is 10.1. The van der Waals surface area contributed by atoms with E-state index in [1.165, 1.54) is 0 Å². The number of likely N-dealkylation sites (N-methyl/N-ethyl adjacent to an activating group) is 1. The molecule has 0 aliphatic carbocycles. The standard InChI is InChI=1S/C15H24N4O2/c1-5-12-11(6-9-21-12)14(16)15-13(20-4)10-17-19(15)8-7-18(2)3/h6,9-10,14H,5,7-8,16H2,1-4H3. The zero-order valence-electron chi connectivity index (χ0n) is 13.2. The Morgan fingerprint density at radius 1 is 1.48 bits per heavy atom. The molecule has 1 atom stereocenters. The Morgan fingerprint density at radius 2 is 2.24 bits per heavy atom. The molecule has 0 fully saturated rings. The molecule has 0 radical (unpaired) electrons. The maximum absolute atomic E-state index is 6.45. The van der Waals surface area contributed by atoms with Crippen LogP contribution in [0.15, 0.2) is 22.9 Å². The number of rotatable bonds is 7. The molecule has 1 unspecified atom stereocenters. The van der Waals surface area contributed by atoms with Crippen LogP contribution in [0.25, 0.3) is 0 Å². The van der Waals surface area contributed by atoms with Crippen LogP contribution in [0.1, 0.15) is 30.0 Å². The van der Waals surface area contributed by atoms with Crippen LogP contribution >= 0.6 is 0 Å². The normalized spacial score (nSPS) is 12.9. The first-order valence-corrected chi connectivity index (χ1v) is 7.14. The minimum atomic E-state index is -0.307. The average Bonchev–Trinajstić information content (AvgIpc) is 3.10. The summed E-state index contributed by atoms with van der Waals surface area (Å²) in [5.41, 5.74) is 8.32. The molecule has 2 N–H and O–H groups in total. The van der Waals surface area contributed by atoms with Crippen LogP contribution in [-0.2, 0) is 13.0 Å². The van der Waals surface area contributed by atoms with Crippen LogP contribution < -0.4 is 10.5 Å². The van der Waals surface area contributed by atoms with Crippen LogP contribution in [-0.4, -0.2) is 42.4 Å². The van der Waals surface area contributed by atoms with E-state index in [1.807, 2.05) is 24.8 Å². The smallest absolute Gasteiger partial charge is 0.161 e. The Hall–Kier alpha value is -1.79. The second-order valence-electron chi connectivity index (χ2n) is 5.25. The molecule has 0 aliphatic heterocycles. The Morgan fingerprint density at radius 3 is 2.86 bits per heavy atom. The van der Waals surface area contributed by atoms with Crippen molar-refractivity contribution in [2.45, 2.75) is 25.9 Å². The molecule has 0 saturated carbocycles. The van der Waals surface area contributed by atoms with E-state index in [1.54, 1.807) is 19.6 Å². The van der Waals surface area contributed by atoms with Gasteiger partial charge in [-0.2, -0.15) is 5.10 Å². The monoisotopic (exact) mass is 292 g/mol. The summed E-state index contributed by atoms with van der Waals surface area (Å²) in [6, 6.07) is 1.62. The molecule has 21 heavy (non-hydrogen) atoms. The van der Waals surface area contributed by atoms with Crippen molar-refractivity contribution in [1.29, 1.82) is 0 Å². The van der Waals surface area contributed by atoms with E-state index in [0.29, 0.717) is 5.75 Å². The summed E-state index contributed by atoms with van der Waals surface area (Å²) in [4.78, 5) is 2.11. The second-order valence-corrected chi connectivity index (χ2v) is 5.25. The lowest BCUT2D eigenvalue weighted by Crippen LogP contribution is -2.24. The fourth-order valence-electron chi connectivity index (χ4n) is 2.38. The lowest BCUT2D eigenvalue weighted by Gasteiger charge is -2.17. The van der Waals surface area contributed by atoms with E-state index >= 15 is 0 Å². The number of nitrogens with zero attached hydrogens (tertiary/aromatic N) is 3. The highest BCUT2D eigenvalue weighted by Crippen LogP contribution is 2.30. The van der Waals surface area contributed by atoms with Gasteiger partial charge in [0.05, 0.1) is 32.2 Å².